The first kappa shape index (κ1) is 9.27. The zero-order valence-electron chi connectivity index (χ0n) is 6.83. The van der Waals surface area contributed by atoms with Crippen LogP contribution >= 0.6 is 31.9 Å². The first-order chi connectivity index (χ1) is 5.04. The second kappa shape index (κ2) is 3.28. The maximum absolute atomic E-state index is 3.54. The Bertz CT molecular complexity index is 264. The lowest BCUT2D eigenvalue weighted by molar-refractivity contribution is 1.25. The Morgan fingerprint density at radius 1 is 1.00 bits per heavy atom. The van der Waals surface area contributed by atoms with Crippen molar-refractivity contribution in [2.24, 2.45) is 0 Å². The monoisotopic (exact) mass is 276 g/mol. The minimum absolute atomic E-state index is 1.19. The summed E-state index contributed by atoms with van der Waals surface area (Å²) in [5, 5.41) is 0. The number of halogens is 2. The topological polar surface area (TPSA) is 0 Å². The average Bonchev–Trinajstić information content (AvgIpc) is 1.97. The molecule has 0 unspecified atom stereocenters. The van der Waals surface area contributed by atoms with E-state index in [0.717, 1.165) is 0 Å². The predicted molar refractivity (Wildman–Crippen MR) is 56.1 cm³/mol. The van der Waals surface area contributed by atoms with Gasteiger partial charge in [-0.1, -0.05) is 31.9 Å². The van der Waals surface area contributed by atoms with E-state index in [0.29, 0.717) is 0 Å². The van der Waals surface area contributed by atoms with Gasteiger partial charge in [0.1, 0.15) is 0 Å². The van der Waals surface area contributed by atoms with Gasteiger partial charge in [0.2, 0.25) is 0 Å². The normalized spacial score (nSPS) is 10.3. The third-order valence-corrected chi connectivity index (χ3v) is 3.98. The third-order valence-electron chi connectivity index (χ3n) is 1.94. The van der Waals surface area contributed by atoms with E-state index >= 15 is 0 Å². The van der Waals surface area contributed by atoms with Crippen molar-refractivity contribution in [3.05, 3.63) is 31.7 Å². The van der Waals surface area contributed by atoms with Crippen LogP contribution in [-0.2, 0) is 0 Å². The highest BCUT2D eigenvalue weighted by Gasteiger charge is 2.04. The highest BCUT2D eigenvalue weighted by atomic mass is 79.9. The molecule has 0 bridgehead atoms. The molecule has 11 heavy (non-hydrogen) atoms. The Balaban J connectivity index is 3.46. The van der Waals surface area contributed by atoms with Gasteiger partial charge in [0, 0.05) is 8.95 Å². The second-order valence-electron chi connectivity index (χ2n) is 2.74. The molecule has 1 rings (SSSR count). The van der Waals surface area contributed by atoms with E-state index in [1.807, 2.05) is 0 Å². The summed E-state index contributed by atoms with van der Waals surface area (Å²) < 4.78 is 2.41. The quantitative estimate of drug-likeness (QED) is 0.669. The van der Waals surface area contributed by atoms with E-state index in [2.05, 4.69) is 58.7 Å². The van der Waals surface area contributed by atoms with E-state index in [1.165, 1.54) is 25.6 Å². The summed E-state index contributed by atoms with van der Waals surface area (Å²) in [5.74, 6) is 0. The van der Waals surface area contributed by atoms with Crippen LogP contribution in [0.25, 0.3) is 0 Å². The molecule has 0 aliphatic carbocycles. The zero-order valence-corrected chi connectivity index (χ0v) is 10.0. The molecule has 2 heteroatoms. The Kier molecular flexibility index (Phi) is 2.76. The van der Waals surface area contributed by atoms with Gasteiger partial charge in [-0.15, -0.1) is 0 Å². The molecule has 0 radical (unpaired) electrons. The van der Waals surface area contributed by atoms with Crippen LogP contribution in [0, 0.1) is 20.8 Å². The average molecular weight is 278 g/mol. The van der Waals surface area contributed by atoms with Gasteiger partial charge in [-0.2, -0.15) is 0 Å². The van der Waals surface area contributed by atoms with Crippen LogP contribution in [0.4, 0.5) is 0 Å². The van der Waals surface area contributed by atoms with Crippen LogP contribution in [0.3, 0.4) is 0 Å². The molecule has 1 aromatic rings. The van der Waals surface area contributed by atoms with Gasteiger partial charge in [-0.3, -0.25) is 0 Å². The largest absolute Gasteiger partial charge is 0.0505 e. The van der Waals surface area contributed by atoms with Gasteiger partial charge in [0.15, 0.2) is 0 Å². The Morgan fingerprint density at radius 3 is 2.09 bits per heavy atom. The molecule has 0 heterocycles. The van der Waals surface area contributed by atoms with E-state index in [9.17, 15) is 0 Å². The highest BCUT2D eigenvalue weighted by Crippen LogP contribution is 2.29. The third kappa shape index (κ3) is 1.67. The van der Waals surface area contributed by atoms with Crippen molar-refractivity contribution in [3.63, 3.8) is 0 Å². The molecule has 0 atom stereocenters. The number of hydrogen-bond acceptors (Lipinski definition) is 0. The molecule has 0 saturated heterocycles. The zero-order chi connectivity index (χ0) is 8.59. The summed E-state index contributed by atoms with van der Waals surface area (Å²) in [4.78, 5) is 0. The fraction of sp³-hybridized carbons (Fsp3) is 0.333. The van der Waals surface area contributed by atoms with Crippen molar-refractivity contribution < 1.29 is 0 Å². The first-order valence-corrected chi connectivity index (χ1v) is 5.04. The molecule has 0 spiro atoms. The molecule has 0 saturated carbocycles. The van der Waals surface area contributed by atoms with E-state index in [4.69, 9.17) is 0 Å². The lowest BCUT2D eigenvalue weighted by Crippen LogP contribution is -1.87. The van der Waals surface area contributed by atoms with Crippen LogP contribution in [0.2, 0.25) is 0 Å². The maximum atomic E-state index is 3.54. The van der Waals surface area contributed by atoms with Crippen molar-refractivity contribution in [2.75, 3.05) is 0 Å². The maximum Gasteiger partial charge on any atom is 0.0237 e. The van der Waals surface area contributed by atoms with Crippen LogP contribution in [0.1, 0.15) is 16.7 Å². The van der Waals surface area contributed by atoms with Crippen LogP contribution in [0.5, 0.6) is 0 Å². The number of aryl methyl sites for hydroxylation is 1. The molecule has 0 amide bonds. The number of benzene rings is 1. The Labute approximate surface area is 84.3 Å². The summed E-state index contributed by atoms with van der Waals surface area (Å²) in [6, 6.07) is 2.13. The van der Waals surface area contributed by atoms with Gasteiger partial charge in [-0.25, -0.2) is 0 Å². The van der Waals surface area contributed by atoms with Crippen molar-refractivity contribution in [1.82, 2.24) is 0 Å². The fourth-order valence-electron chi connectivity index (χ4n) is 1.00. The van der Waals surface area contributed by atoms with Crippen LogP contribution in [-0.4, -0.2) is 0 Å². The summed E-state index contributed by atoms with van der Waals surface area (Å²) in [6.45, 7) is 6.34. The Morgan fingerprint density at radius 2 is 1.55 bits per heavy atom. The molecule has 0 aliphatic rings. The molecule has 1 aromatic carbocycles. The Hall–Kier alpha value is 0.180. The summed E-state index contributed by atoms with van der Waals surface area (Å²) in [5.41, 5.74) is 3.90. The summed E-state index contributed by atoms with van der Waals surface area (Å²) in [6.07, 6.45) is 0. The summed E-state index contributed by atoms with van der Waals surface area (Å²) in [7, 11) is 0. The molecule has 0 N–H and O–H groups in total. The SMILES string of the molecule is Cc1cc(Br)c(C)c(C)c1Br. The highest BCUT2D eigenvalue weighted by molar-refractivity contribution is 9.11. The van der Waals surface area contributed by atoms with Gasteiger partial charge in [0.05, 0.1) is 0 Å². The lowest BCUT2D eigenvalue weighted by Gasteiger charge is -2.08. The minimum Gasteiger partial charge on any atom is -0.0505 e. The van der Waals surface area contributed by atoms with Crippen LogP contribution < -0.4 is 0 Å². The van der Waals surface area contributed by atoms with Crippen molar-refractivity contribution >= 4 is 31.9 Å². The number of hydrogen-bond donors (Lipinski definition) is 0. The van der Waals surface area contributed by atoms with Gasteiger partial charge >= 0.3 is 0 Å². The molecular formula is C9H10Br2. The van der Waals surface area contributed by atoms with Crippen LogP contribution in [0.15, 0.2) is 15.0 Å². The lowest BCUT2D eigenvalue weighted by atomic mass is 10.1. The van der Waals surface area contributed by atoms with Gasteiger partial charge < -0.3 is 0 Å². The van der Waals surface area contributed by atoms with Crippen molar-refractivity contribution in [1.29, 1.82) is 0 Å². The van der Waals surface area contributed by atoms with Gasteiger partial charge in [-0.05, 0) is 43.5 Å². The molecule has 60 valence electrons. The molecular weight excluding hydrogens is 268 g/mol. The standard InChI is InChI=1S/C9H10Br2/c1-5-4-8(10)6(2)7(3)9(5)11/h4H,1-3H3. The summed E-state index contributed by atoms with van der Waals surface area (Å²) >= 11 is 7.05. The fourth-order valence-corrected chi connectivity index (χ4v) is 2.05. The molecule has 0 fully saturated rings. The smallest absolute Gasteiger partial charge is 0.0237 e. The molecule has 0 aromatic heterocycles. The number of rotatable bonds is 0. The second-order valence-corrected chi connectivity index (χ2v) is 4.39. The van der Waals surface area contributed by atoms with Gasteiger partial charge in [0.25, 0.3) is 0 Å². The van der Waals surface area contributed by atoms with E-state index < -0.39 is 0 Å². The molecule has 0 nitrogen and oxygen atoms in total. The van der Waals surface area contributed by atoms with Crippen molar-refractivity contribution in [2.45, 2.75) is 20.8 Å². The molecule has 0 aliphatic heterocycles. The van der Waals surface area contributed by atoms with Crippen molar-refractivity contribution in [3.8, 4) is 0 Å². The first-order valence-electron chi connectivity index (χ1n) is 3.46. The predicted octanol–water partition coefficient (Wildman–Crippen LogP) is 4.14. The van der Waals surface area contributed by atoms with E-state index in [-0.39, 0.29) is 0 Å². The minimum atomic E-state index is 1.19. The van der Waals surface area contributed by atoms with E-state index in [1.54, 1.807) is 0 Å².